The van der Waals surface area contributed by atoms with Crippen LogP contribution in [-0.4, -0.2) is 36.7 Å². The normalized spacial score (nSPS) is 19.0. The molecule has 2 aromatic rings. The minimum atomic E-state index is 0.246. The van der Waals surface area contributed by atoms with E-state index in [2.05, 4.69) is 41.4 Å². The molecular formula is C23H27ClN2O3. The van der Waals surface area contributed by atoms with E-state index >= 15 is 0 Å². The quantitative estimate of drug-likeness (QED) is 0.653. The van der Waals surface area contributed by atoms with Crippen molar-refractivity contribution in [3.05, 3.63) is 58.6 Å². The number of hydrogen-bond acceptors (Lipinski definition) is 4. The van der Waals surface area contributed by atoms with Gasteiger partial charge in [0.15, 0.2) is 11.5 Å². The lowest BCUT2D eigenvalue weighted by molar-refractivity contribution is -0.129. The molecule has 1 saturated heterocycles. The Morgan fingerprint density at radius 2 is 1.97 bits per heavy atom. The van der Waals surface area contributed by atoms with Gasteiger partial charge in [-0.2, -0.15) is 0 Å². The van der Waals surface area contributed by atoms with E-state index in [1.54, 1.807) is 0 Å². The molecule has 1 amide bonds. The number of benzene rings is 2. The van der Waals surface area contributed by atoms with Gasteiger partial charge < -0.3 is 19.7 Å². The molecule has 0 spiro atoms. The van der Waals surface area contributed by atoms with Crippen LogP contribution >= 0.6 is 11.6 Å². The molecule has 2 atom stereocenters. The summed E-state index contributed by atoms with van der Waals surface area (Å²) >= 11 is 6.34. The molecule has 2 heterocycles. The molecule has 2 aromatic carbocycles. The lowest BCUT2D eigenvalue weighted by Gasteiger charge is -2.28. The topological polar surface area (TPSA) is 50.8 Å². The predicted octanol–water partition coefficient (Wildman–Crippen LogP) is 4.34. The monoisotopic (exact) mass is 414 g/mol. The van der Waals surface area contributed by atoms with Crippen LogP contribution in [0.5, 0.6) is 11.5 Å². The highest BCUT2D eigenvalue weighted by molar-refractivity contribution is 6.31. The van der Waals surface area contributed by atoms with Gasteiger partial charge in [0.2, 0.25) is 12.7 Å². The molecule has 0 aromatic heterocycles. The third-order valence-electron chi connectivity index (χ3n) is 5.80. The molecule has 5 nitrogen and oxygen atoms in total. The molecule has 154 valence electrons. The summed E-state index contributed by atoms with van der Waals surface area (Å²) in [5.74, 6) is 2.05. The van der Waals surface area contributed by atoms with Gasteiger partial charge in [0.05, 0.1) is 0 Å². The highest BCUT2D eigenvalue weighted by Crippen LogP contribution is 2.36. The van der Waals surface area contributed by atoms with E-state index in [-0.39, 0.29) is 12.7 Å². The summed E-state index contributed by atoms with van der Waals surface area (Å²) in [6, 6.07) is 14.5. The molecule has 29 heavy (non-hydrogen) atoms. The van der Waals surface area contributed by atoms with Crippen molar-refractivity contribution < 1.29 is 14.3 Å². The van der Waals surface area contributed by atoms with Gasteiger partial charge in [-0.3, -0.25) is 4.79 Å². The standard InChI is InChI=1S/C23H27ClN2O3/c1-16(17-5-3-2-4-6-17)14-26-19(7-8-23(26)27)9-10-25-13-18-11-21-22(12-20(18)24)29-15-28-21/h2-6,11-12,16,19,25H,7-10,13-15H2,1H3/t16-,19+/m0/s1. The number of nitrogens with one attached hydrogen (secondary N) is 1. The van der Waals surface area contributed by atoms with Crippen LogP contribution in [0.25, 0.3) is 0 Å². The fourth-order valence-electron chi connectivity index (χ4n) is 4.11. The smallest absolute Gasteiger partial charge is 0.231 e. The molecule has 1 fully saturated rings. The van der Waals surface area contributed by atoms with Crippen LogP contribution in [0.2, 0.25) is 5.02 Å². The van der Waals surface area contributed by atoms with E-state index in [1.807, 2.05) is 18.2 Å². The third-order valence-corrected chi connectivity index (χ3v) is 6.15. The number of nitrogens with zero attached hydrogens (tertiary/aromatic N) is 1. The van der Waals surface area contributed by atoms with Crippen LogP contribution in [0.4, 0.5) is 0 Å². The second-order valence-corrected chi connectivity index (χ2v) is 8.22. The number of halogens is 1. The van der Waals surface area contributed by atoms with E-state index in [9.17, 15) is 4.79 Å². The Labute approximate surface area is 176 Å². The van der Waals surface area contributed by atoms with Crippen LogP contribution in [0.15, 0.2) is 42.5 Å². The van der Waals surface area contributed by atoms with Gasteiger partial charge in [0.25, 0.3) is 0 Å². The molecule has 0 saturated carbocycles. The molecule has 2 aliphatic heterocycles. The predicted molar refractivity (Wildman–Crippen MR) is 113 cm³/mol. The summed E-state index contributed by atoms with van der Waals surface area (Å²) in [5.41, 5.74) is 2.27. The lowest BCUT2D eigenvalue weighted by Crippen LogP contribution is -2.37. The minimum Gasteiger partial charge on any atom is -0.454 e. The second kappa shape index (κ2) is 9.06. The summed E-state index contributed by atoms with van der Waals surface area (Å²) in [5, 5.41) is 4.14. The fraction of sp³-hybridized carbons (Fsp3) is 0.435. The summed E-state index contributed by atoms with van der Waals surface area (Å²) in [4.78, 5) is 14.5. The second-order valence-electron chi connectivity index (χ2n) is 7.81. The Balaban J connectivity index is 1.28. The Morgan fingerprint density at radius 1 is 1.21 bits per heavy atom. The van der Waals surface area contributed by atoms with Gasteiger partial charge in [0.1, 0.15) is 0 Å². The molecule has 0 bridgehead atoms. The number of hydrogen-bond donors (Lipinski definition) is 1. The average molecular weight is 415 g/mol. The Hall–Kier alpha value is -2.24. The average Bonchev–Trinajstić information content (AvgIpc) is 3.32. The SMILES string of the molecule is C[C@@H](CN1C(=O)CC[C@@H]1CCNCc1cc2c(cc1Cl)OCO2)c1ccccc1. The van der Waals surface area contributed by atoms with Gasteiger partial charge in [-0.15, -0.1) is 0 Å². The number of likely N-dealkylation sites (tertiary alicyclic amines) is 1. The number of carbonyl (C=O) groups is 1. The van der Waals surface area contributed by atoms with E-state index in [0.29, 0.717) is 35.7 Å². The van der Waals surface area contributed by atoms with E-state index in [0.717, 1.165) is 37.2 Å². The summed E-state index contributed by atoms with van der Waals surface area (Å²) in [6.07, 6.45) is 2.53. The maximum Gasteiger partial charge on any atom is 0.231 e. The zero-order valence-electron chi connectivity index (χ0n) is 16.7. The maximum atomic E-state index is 12.4. The molecule has 4 rings (SSSR count). The lowest BCUT2D eigenvalue weighted by atomic mass is 10.00. The first-order valence-electron chi connectivity index (χ1n) is 10.2. The summed E-state index contributed by atoms with van der Waals surface area (Å²) in [6.45, 7) is 4.71. The minimum absolute atomic E-state index is 0.246. The van der Waals surface area contributed by atoms with Gasteiger partial charge >= 0.3 is 0 Å². The molecule has 0 unspecified atom stereocenters. The van der Waals surface area contributed by atoms with Crippen LogP contribution < -0.4 is 14.8 Å². The number of ether oxygens (including phenoxy) is 2. The van der Waals surface area contributed by atoms with Gasteiger partial charge in [-0.05, 0) is 42.5 Å². The van der Waals surface area contributed by atoms with Crippen molar-refractivity contribution in [3.8, 4) is 11.5 Å². The first kappa shape index (κ1) is 20.0. The van der Waals surface area contributed by atoms with E-state index in [4.69, 9.17) is 21.1 Å². The van der Waals surface area contributed by atoms with Crippen molar-refractivity contribution in [1.29, 1.82) is 0 Å². The fourth-order valence-corrected chi connectivity index (χ4v) is 4.33. The number of amides is 1. The van der Waals surface area contributed by atoms with Crippen LogP contribution in [0, 0.1) is 0 Å². The van der Waals surface area contributed by atoms with Crippen molar-refractivity contribution >= 4 is 17.5 Å². The summed E-state index contributed by atoms with van der Waals surface area (Å²) in [7, 11) is 0. The largest absolute Gasteiger partial charge is 0.454 e. The zero-order valence-corrected chi connectivity index (χ0v) is 17.5. The highest BCUT2D eigenvalue weighted by atomic mass is 35.5. The number of fused-ring (bicyclic) bond motifs is 1. The molecule has 0 radical (unpaired) electrons. The number of carbonyl (C=O) groups excluding carboxylic acids is 1. The van der Waals surface area contributed by atoms with Gasteiger partial charge in [-0.25, -0.2) is 0 Å². The van der Waals surface area contributed by atoms with Crippen molar-refractivity contribution in [3.63, 3.8) is 0 Å². The summed E-state index contributed by atoms with van der Waals surface area (Å²) < 4.78 is 10.8. The molecule has 6 heteroatoms. The third kappa shape index (κ3) is 4.68. The van der Waals surface area contributed by atoms with Crippen molar-refractivity contribution in [2.75, 3.05) is 19.9 Å². The van der Waals surface area contributed by atoms with Crippen molar-refractivity contribution in [2.45, 2.75) is 44.7 Å². The molecule has 2 aliphatic rings. The highest BCUT2D eigenvalue weighted by Gasteiger charge is 2.31. The van der Waals surface area contributed by atoms with Crippen LogP contribution in [0.1, 0.15) is 43.2 Å². The zero-order chi connectivity index (χ0) is 20.2. The Morgan fingerprint density at radius 3 is 2.76 bits per heavy atom. The number of rotatable bonds is 8. The molecular weight excluding hydrogens is 388 g/mol. The van der Waals surface area contributed by atoms with E-state index in [1.165, 1.54) is 5.56 Å². The molecule has 0 aliphatic carbocycles. The van der Waals surface area contributed by atoms with Crippen molar-refractivity contribution in [1.82, 2.24) is 10.2 Å². The van der Waals surface area contributed by atoms with E-state index < -0.39 is 0 Å². The van der Waals surface area contributed by atoms with Crippen molar-refractivity contribution in [2.24, 2.45) is 0 Å². The van der Waals surface area contributed by atoms with Crippen LogP contribution in [-0.2, 0) is 11.3 Å². The first-order chi connectivity index (χ1) is 14.1. The molecule has 1 N–H and O–H groups in total. The Bertz CT molecular complexity index is 859. The van der Waals surface area contributed by atoms with Gasteiger partial charge in [-0.1, -0.05) is 48.9 Å². The van der Waals surface area contributed by atoms with Crippen LogP contribution in [0.3, 0.4) is 0 Å². The maximum absolute atomic E-state index is 12.4. The first-order valence-corrected chi connectivity index (χ1v) is 10.6. The van der Waals surface area contributed by atoms with Gasteiger partial charge in [0, 0.05) is 36.6 Å². The Kier molecular flexibility index (Phi) is 6.26.